The lowest BCUT2D eigenvalue weighted by Gasteiger charge is -2.17. The summed E-state index contributed by atoms with van der Waals surface area (Å²) in [5, 5.41) is 11.2. The summed E-state index contributed by atoms with van der Waals surface area (Å²) in [5.41, 5.74) is -0.185. The summed E-state index contributed by atoms with van der Waals surface area (Å²) in [5.74, 6) is 0.560. The van der Waals surface area contributed by atoms with Crippen molar-refractivity contribution < 1.29 is 9.72 Å². The number of nitrogens with zero attached hydrogens (tertiary/aromatic N) is 2. The van der Waals surface area contributed by atoms with Gasteiger partial charge in [-0.05, 0) is 30.6 Å². The highest BCUT2D eigenvalue weighted by molar-refractivity contribution is 7.98. The first-order chi connectivity index (χ1) is 8.97. The molecule has 0 aliphatic carbocycles. The number of rotatable bonds is 6. The van der Waals surface area contributed by atoms with Gasteiger partial charge in [-0.3, -0.25) is 14.9 Å². The van der Waals surface area contributed by atoms with Crippen LogP contribution in [0.5, 0.6) is 0 Å². The van der Waals surface area contributed by atoms with Gasteiger partial charge in [0, 0.05) is 24.7 Å². The lowest BCUT2D eigenvalue weighted by Crippen LogP contribution is -2.28. The van der Waals surface area contributed by atoms with E-state index in [0.717, 1.165) is 12.2 Å². The largest absolute Gasteiger partial charge is 0.341 e. The van der Waals surface area contributed by atoms with Crippen molar-refractivity contribution in [2.24, 2.45) is 0 Å². The maximum Gasteiger partial charge on any atom is 0.282 e. The molecule has 1 rings (SSSR count). The van der Waals surface area contributed by atoms with Crippen molar-refractivity contribution in [1.29, 1.82) is 0 Å². The van der Waals surface area contributed by atoms with Crippen molar-refractivity contribution in [2.45, 2.75) is 6.42 Å². The molecule has 19 heavy (non-hydrogen) atoms. The minimum Gasteiger partial charge on any atom is -0.341 e. The molecule has 0 unspecified atom stereocenters. The molecular formula is C12H15ClN2O3S. The summed E-state index contributed by atoms with van der Waals surface area (Å²) < 4.78 is 0. The highest BCUT2D eigenvalue weighted by Gasteiger charge is 2.22. The third-order valence-electron chi connectivity index (χ3n) is 2.57. The van der Waals surface area contributed by atoms with E-state index in [2.05, 4.69) is 0 Å². The number of amides is 1. The second kappa shape index (κ2) is 7.35. The van der Waals surface area contributed by atoms with E-state index < -0.39 is 4.92 Å². The fraction of sp³-hybridized carbons (Fsp3) is 0.417. The molecule has 7 heteroatoms. The number of hydrogen-bond acceptors (Lipinski definition) is 4. The van der Waals surface area contributed by atoms with Crippen LogP contribution in [0.3, 0.4) is 0 Å². The zero-order valence-corrected chi connectivity index (χ0v) is 12.3. The van der Waals surface area contributed by atoms with Crippen LogP contribution in [0.2, 0.25) is 5.02 Å². The summed E-state index contributed by atoms with van der Waals surface area (Å²) in [4.78, 5) is 24.0. The van der Waals surface area contributed by atoms with Crippen LogP contribution >= 0.6 is 23.4 Å². The lowest BCUT2D eigenvalue weighted by molar-refractivity contribution is -0.385. The summed E-state index contributed by atoms with van der Waals surface area (Å²) in [6.07, 6.45) is 2.83. The summed E-state index contributed by atoms with van der Waals surface area (Å²) in [6.45, 7) is 0.559. The molecule has 0 spiro atoms. The summed E-state index contributed by atoms with van der Waals surface area (Å²) in [7, 11) is 1.63. The number of carbonyl (C=O) groups excluding carboxylic acids is 1. The van der Waals surface area contributed by atoms with Crippen molar-refractivity contribution in [3.05, 3.63) is 38.9 Å². The molecule has 1 aromatic rings. The molecule has 0 fully saturated rings. The second-order valence-electron chi connectivity index (χ2n) is 3.99. The zero-order chi connectivity index (χ0) is 14.4. The lowest BCUT2D eigenvalue weighted by atomic mass is 10.1. The van der Waals surface area contributed by atoms with Gasteiger partial charge >= 0.3 is 0 Å². The monoisotopic (exact) mass is 302 g/mol. The van der Waals surface area contributed by atoms with Gasteiger partial charge in [-0.1, -0.05) is 11.6 Å². The van der Waals surface area contributed by atoms with Crippen LogP contribution in [0.1, 0.15) is 16.8 Å². The standard InChI is InChI=1S/C12H15ClN2O3S/c1-14(6-3-7-19-2)12(16)10-8-9(13)4-5-11(10)15(17)18/h4-5,8H,3,6-7H2,1-2H3. The summed E-state index contributed by atoms with van der Waals surface area (Å²) >= 11 is 7.49. The van der Waals surface area contributed by atoms with E-state index in [4.69, 9.17) is 11.6 Å². The molecular weight excluding hydrogens is 288 g/mol. The Balaban J connectivity index is 2.91. The minimum absolute atomic E-state index is 0.0316. The Bertz CT molecular complexity index is 482. The quantitative estimate of drug-likeness (QED) is 0.460. The average Bonchev–Trinajstić information content (AvgIpc) is 2.37. The third kappa shape index (κ3) is 4.40. The second-order valence-corrected chi connectivity index (χ2v) is 5.41. The fourth-order valence-electron chi connectivity index (χ4n) is 1.59. The van der Waals surface area contributed by atoms with E-state index in [0.29, 0.717) is 11.6 Å². The van der Waals surface area contributed by atoms with Gasteiger partial charge in [0.2, 0.25) is 0 Å². The zero-order valence-electron chi connectivity index (χ0n) is 10.8. The van der Waals surface area contributed by atoms with Gasteiger partial charge in [-0.25, -0.2) is 0 Å². The van der Waals surface area contributed by atoms with Crippen LogP contribution in [-0.4, -0.2) is 41.3 Å². The first kappa shape index (κ1) is 15.8. The normalized spacial score (nSPS) is 10.3. The predicted molar refractivity (Wildman–Crippen MR) is 78.1 cm³/mol. The minimum atomic E-state index is -0.570. The molecule has 0 heterocycles. The Kier molecular flexibility index (Phi) is 6.11. The van der Waals surface area contributed by atoms with E-state index in [1.807, 2.05) is 6.26 Å². The van der Waals surface area contributed by atoms with Crippen molar-refractivity contribution in [3.8, 4) is 0 Å². The molecule has 0 saturated heterocycles. The number of hydrogen-bond donors (Lipinski definition) is 0. The molecule has 1 amide bonds. The summed E-state index contributed by atoms with van der Waals surface area (Å²) in [6, 6.07) is 4.00. The molecule has 0 aliphatic heterocycles. The van der Waals surface area contributed by atoms with Gasteiger partial charge in [0.15, 0.2) is 0 Å². The van der Waals surface area contributed by atoms with E-state index in [1.165, 1.54) is 23.1 Å². The molecule has 0 atom stereocenters. The molecule has 1 aromatic carbocycles. The third-order valence-corrected chi connectivity index (χ3v) is 3.51. The van der Waals surface area contributed by atoms with Gasteiger partial charge < -0.3 is 4.90 Å². The maximum atomic E-state index is 12.2. The van der Waals surface area contributed by atoms with Crippen molar-refractivity contribution in [3.63, 3.8) is 0 Å². The van der Waals surface area contributed by atoms with Gasteiger partial charge in [-0.2, -0.15) is 11.8 Å². The number of benzene rings is 1. The smallest absolute Gasteiger partial charge is 0.282 e. The number of nitro benzene ring substituents is 1. The highest BCUT2D eigenvalue weighted by Crippen LogP contribution is 2.23. The van der Waals surface area contributed by atoms with Crippen LogP contribution in [0.25, 0.3) is 0 Å². The van der Waals surface area contributed by atoms with E-state index in [-0.39, 0.29) is 17.2 Å². The van der Waals surface area contributed by atoms with Gasteiger partial charge in [0.1, 0.15) is 5.56 Å². The topological polar surface area (TPSA) is 63.5 Å². The SMILES string of the molecule is CSCCCN(C)C(=O)c1cc(Cl)ccc1[N+](=O)[O-]. The Morgan fingerprint density at radius 1 is 1.53 bits per heavy atom. The van der Waals surface area contributed by atoms with Crippen LogP contribution in [0.4, 0.5) is 5.69 Å². The van der Waals surface area contributed by atoms with Crippen molar-refractivity contribution >= 4 is 35.0 Å². The maximum absolute atomic E-state index is 12.2. The van der Waals surface area contributed by atoms with Crippen LogP contribution in [0, 0.1) is 10.1 Å². The highest BCUT2D eigenvalue weighted by atomic mass is 35.5. The molecule has 0 aromatic heterocycles. The molecule has 0 N–H and O–H groups in total. The molecule has 0 saturated carbocycles. The van der Waals surface area contributed by atoms with E-state index in [1.54, 1.807) is 18.8 Å². The van der Waals surface area contributed by atoms with Gasteiger partial charge in [0.25, 0.3) is 11.6 Å². The number of halogens is 1. The van der Waals surface area contributed by atoms with Crippen LogP contribution in [0.15, 0.2) is 18.2 Å². The molecule has 0 radical (unpaired) electrons. The first-order valence-corrected chi connectivity index (χ1v) is 7.43. The average molecular weight is 303 g/mol. The van der Waals surface area contributed by atoms with Crippen LogP contribution in [-0.2, 0) is 0 Å². The number of thioether (sulfide) groups is 1. The Morgan fingerprint density at radius 2 is 2.21 bits per heavy atom. The Hall–Kier alpha value is -1.27. The molecule has 5 nitrogen and oxygen atoms in total. The Morgan fingerprint density at radius 3 is 2.79 bits per heavy atom. The van der Waals surface area contributed by atoms with Crippen LogP contribution < -0.4 is 0 Å². The van der Waals surface area contributed by atoms with Gasteiger partial charge in [0.05, 0.1) is 4.92 Å². The van der Waals surface area contributed by atoms with E-state index in [9.17, 15) is 14.9 Å². The predicted octanol–water partition coefficient (Wildman–Crippen LogP) is 3.07. The van der Waals surface area contributed by atoms with Crippen molar-refractivity contribution in [1.82, 2.24) is 4.90 Å². The first-order valence-electron chi connectivity index (χ1n) is 5.65. The number of carbonyl (C=O) groups is 1. The van der Waals surface area contributed by atoms with E-state index >= 15 is 0 Å². The number of nitro groups is 1. The Labute approximate surface area is 121 Å². The fourth-order valence-corrected chi connectivity index (χ4v) is 2.18. The molecule has 104 valence electrons. The molecule has 0 aliphatic rings. The van der Waals surface area contributed by atoms with Gasteiger partial charge in [-0.15, -0.1) is 0 Å². The molecule has 0 bridgehead atoms. The van der Waals surface area contributed by atoms with Crippen molar-refractivity contribution in [2.75, 3.05) is 25.6 Å².